The van der Waals surface area contributed by atoms with Crippen molar-refractivity contribution in [2.75, 3.05) is 13.1 Å². The molecule has 0 radical (unpaired) electrons. The highest BCUT2D eigenvalue weighted by Gasteiger charge is 2.27. The number of carbonyl (C=O) groups is 1. The molecule has 5 nitrogen and oxygen atoms in total. The van der Waals surface area contributed by atoms with E-state index < -0.39 is 5.60 Å². The highest BCUT2D eigenvalue weighted by atomic mass is 16.3. The average Bonchev–Trinajstić information content (AvgIpc) is 2.48. The van der Waals surface area contributed by atoms with E-state index in [1.807, 2.05) is 0 Å². The van der Waals surface area contributed by atoms with Crippen molar-refractivity contribution in [1.82, 2.24) is 4.90 Å². The quantitative estimate of drug-likeness (QED) is 0.718. The lowest BCUT2D eigenvalue weighted by molar-refractivity contribution is 0.0437. The van der Waals surface area contributed by atoms with Crippen molar-refractivity contribution in [2.45, 2.75) is 31.8 Å². The third-order valence-electron chi connectivity index (χ3n) is 3.50. The molecule has 2 rings (SSSR count). The summed E-state index contributed by atoms with van der Waals surface area (Å²) in [6.07, 6.45) is 1.94. The smallest absolute Gasteiger partial charge is 0.254 e. The van der Waals surface area contributed by atoms with E-state index >= 15 is 0 Å². The van der Waals surface area contributed by atoms with Crippen LogP contribution in [0, 0.1) is 0 Å². The third-order valence-corrected chi connectivity index (χ3v) is 3.50. The van der Waals surface area contributed by atoms with Crippen LogP contribution in [0.15, 0.2) is 18.2 Å². The van der Waals surface area contributed by atoms with Crippen molar-refractivity contribution >= 4 is 5.91 Å². The number of nitrogens with zero attached hydrogens (tertiary/aromatic N) is 1. The molecular weight excluding hydrogens is 246 g/mol. The van der Waals surface area contributed by atoms with Crippen LogP contribution in [0.5, 0.6) is 11.5 Å². The largest absolute Gasteiger partial charge is 0.508 e. The zero-order valence-electron chi connectivity index (χ0n) is 11.0. The van der Waals surface area contributed by atoms with Crippen molar-refractivity contribution in [3.8, 4) is 11.5 Å². The summed E-state index contributed by atoms with van der Waals surface area (Å²) in [6.45, 7) is 2.83. The molecule has 1 aliphatic rings. The molecule has 1 unspecified atom stereocenters. The lowest BCUT2D eigenvalue weighted by Crippen LogP contribution is -2.33. The Morgan fingerprint density at radius 1 is 1.16 bits per heavy atom. The maximum absolute atomic E-state index is 12.3. The van der Waals surface area contributed by atoms with Gasteiger partial charge in [0.05, 0.1) is 5.60 Å². The summed E-state index contributed by atoms with van der Waals surface area (Å²) in [5.74, 6) is -0.501. The molecule has 0 spiro atoms. The molecule has 0 aliphatic carbocycles. The molecule has 19 heavy (non-hydrogen) atoms. The van der Waals surface area contributed by atoms with Crippen LogP contribution < -0.4 is 0 Å². The van der Waals surface area contributed by atoms with E-state index in [0.29, 0.717) is 25.9 Å². The van der Waals surface area contributed by atoms with Gasteiger partial charge in [-0.2, -0.15) is 0 Å². The van der Waals surface area contributed by atoms with E-state index in [0.717, 1.165) is 6.42 Å². The van der Waals surface area contributed by atoms with Crippen LogP contribution in [0.1, 0.15) is 36.5 Å². The molecule has 1 atom stereocenters. The van der Waals surface area contributed by atoms with Crippen molar-refractivity contribution in [3.05, 3.63) is 23.8 Å². The van der Waals surface area contributed by atoms with Gasteiger partial charge in [0.25, 0.3) is 5.91 Å². The van der Waals surface area contributed by atoms with Gasteiger partial charge >= 0.3 is 0 Å². The number of carbonyl (C=O) groups excluding carboxylic acids is 1. The Labute approximate surface area is 112 Å². The molecule has 1 aliphatic heterocycles. The first kappa shape index (κ1) is 13.7. The molecule has 1 aromatic rings. The van der Waals surface area contributed by atoms with Gasteiger partial charge in [0, 0.05) is 24.7 Å². The minimum Gasteiger partial charge on any atom is -0.508 e. The van der Waals surface area contributed by atoms with Crippen LogP contribution >= 0.6 is 0 Å². The lowest BCUT2D eigenvalue weighted by atomic mass is 9.98. The number of benzene rings is 1. The number of amides is 1. The van der Waals surface area contributed by atoms with Gasteiger partial charge in [-0.1, -0.05) is 0 Å². The number of hydrogen-bond acceptors (Lipinski definition) is 4. The molecule has 5 heteroatoms. The van der Waals surface area contributed by atoms with Gasteiger partial charge in [0.15, 0.2) is 0 Å². The first-order valence-corrected chi connectivity index (χ1v) is 6.42. The minimum atomic E-state index is -0.726. The third kappa shape index (κ3) is 3.38. The maximum atomic E-state index is 12.3. The highest BCUT2D eigenvalue weighted by molar-refractivity contribution is 5.95. The molecular formula is C14H19NO4. The maximum Gasteiger partial charge on any atom is 0.254 e. The average molecular weight is 265 g/mol. The van der Waals surface area contributed by atoms with Crippen molar-refractivity contribution in [2.24, 2.45) is 0 Å². The van der Waals surface area contributed by atoms with Gasteiger partial charge in [0.1, 0.15) is 11.5 Å². The summed E-state index contributed by atoms with van der Waals surface area (Å²) >= 11 is 0. The van der Waals surface area contributed by atoms with E-state index in [9.17, 15) is 20.1 Å². The lowest BCUT2D eigenvalue weighted by Gasteiger charge is -2.22. The van der Waals surface area contributed by atoms with Crippen LogP contribution in [0.4, 0.5) is 0 Å². The fourth-order valence-electron chi connectivity index (χ4n) is 2.37. The SMILES string of the molecule is CC1(O)CCCN(C(=O)c2cc(O)cc(O)c2)CC1. The molecule has 0 bridgehead atoms. The van der Waals surface area contributed by atoms with E-state index in [4.69, 9.17) is 0 Å². The second kappa shape index (κ2) is 5.09. The fourth-order valence-corrected chi connectivity index (χ4v) is 2.37. The van der Waals surface area contributed by atoms with Crippen LogP contribution in [-0.2, 0) is 0 Å². The number of phenols is 2. The first-order valence-electron chi connectivity index (χ1n) is 6.42. The van der Waals surface area contributed by atoms with Crippen molar-refractivity contribution in [3.63, 3.8) is 0 Å². The molecule has 104 valence electrons. The Kier molecular flexibility index (Phi) is 3.66. The van der Waals surface area contributed by atoms with Gasteiger partial charge in [-0.15, -0.1) is 0 Å². The molecule has 1 saturated heterocycles. The van der Waals surface area contributed by atoms with Gasteiger partial charge in [-0.25, -0.2) is 0 Å². The summed E-state index contributed by atoms with van der Waals surface area (Å²) in [4.78, 5) is 13.9. The minimum absolute atomic E-state index is 0.134. The monoisotopic (exact) mass is 265 g/mol. The molecule has 0 saturated carbocycles. The molecule has 1 fully saturated rings. The summed E-state index contributed by atoms with van der Waals surface area (Å²) in [5, 5.41) is 28.8. The molecule has 1 aromatic carbocycles. The van der Waals surface area contributed by atoms with Gasteiger partial charge in [-0.3, -0.25) is 4.79 Å². The second-order valence-electron chi connectivity index (χ2n) is 5.38. The van der Waals surface area contributed by atoms with Gasteiger partial charge in [0.2, 0.25) is 0 Å². The summed E-state index contributed by atoms with van der Waals surface area (Å²) in [6, 6.07) is 3.86. The Morgan fingerprint density at radius 2 is 1.79 bits per heavy atom. The van der Waals surface area contributed by atoms with Crippen LogP contribution in [0.2, 0.25) is 0 Å². The Hall–Kier alpha value is -1.75. The summed E-state index contributed by atoms with van der Waals surface area (Å²) < 4.78 is 0. The predicted octanol–water partition coefficient (Wildman–Crippen LogP) is 1.47. The van der Waals surface area contributed by atoms with E-state index in [1.165, 1.54) is 18.2 Å². The normalized spacial score (nSPS) is 24.0. The number of aromatic hydroxyl groups is 2. The number of phenolic OH excluding ortho intramolecular Hbond substituents is 2. The predicted molar refractivity (Wildman–Crippen MR) is 70.1 cm³/mol. The zero-order chi connectivity index (χ0) is 14.0. The number of aliphatic hydroxyl groups is 1. The topological polar surface area (TPSA) is 81.0 Å². The van der Waals surface area contributed by atoms with Crippen molar-refractivity contribution < 1.29 is 20.1 Å². The Bertz CT molecular complexity index is 464. The molecule has 0 aromatic heterocycles. The van der Waals surface area contributed by atoms with E-state index in [-0.39, 0.29) is 23.0 Å². The highest BCUT2D eigenvalue weighted by Crippen LogP contribution is 2.25. The van der Waals surface area contributed by atoms with E-state index in [2.05, 4.69) is 0 Å². The number of rotatable bonds is 1. The zero-order valence-corrected chi connectivity index (χ0v) is 11.0. The van der Waals surface area contributed by atoms with Gasteiger partial charge in [-0.05, 0) is 38.3 Å². The number of likely N-dealkylation sites (tertiary alicyclic amines) is 1. The molecule has 1 heterocycles. The summed E-state index contributed by atoms with van der Waals surface area (Å²) in [7, 11) is 0. The second-order valence-corrected chi connectivity index (χ2v) is 5.38. The van der Waals surface area contributed by atoms with E-state index in [1.54, 1.807) is 11.8 Å². The summed E-state index contributed by atoms with van der Waals surface area (Å²) in [5.41, 5.74) is -0.463. The Balaban J connectivity index is 2.15. The van der Waals surface area contributed by atoms with Crippen LogP contribution in [-0.4, -0.2) is 44.8 Å². The first-order chi connectivity index (χ1) is 8.87. The fraction of sp³-hybridized carbons (Fsp3) is 0.500. The molecule has 3 N–H and O–H groups in total. The van der Waals surface area contributed by atoms with Crippen LogP contribution in [0.25, 0.3) is 0 Å². The molecule has 1 amide bonds. The van der Waals surface area contributed by atoms with Crippen molar-refractivity contribution in [1.29, 1.82) is 0 Å². The van der Waals surface area contributed by atoms with Gasteiger partial charge < -0.3 is 20.2 Å². The standard InChI is InChI=1S/C14H19NO4/c1-14(19)3-2-5-15(6-4-14)13(18)10-7-11(16)9-12(17)8-10/h7-9,16-17,19H,2-6H2,1H3. The Morgan fingerprint density at radius 3 is 2.42 bits per heavy atom. The number of hydrogen-bond donors (Lipinski definition) is 3. The van der Waals surface area contributed by atoms with Crippen LogP contribution in [0.3, 0.4) is 0 Å².